The summed E-state index contributed by atoms with van der Waals surface area (Å²) in [4.78, 5) is 2.25. The third kappa shape index (κ3) is 2.97. The quantitative estimate of drug-likeness (QED) is 0.806. The molecule has 0 spiro atoms. The fraction of sp³-hybridized carbons (Fsp3) is 0.571. The van der Waals surface area contributed by atoms with Crippen molar-refractivity contribution >= 4 is 5.69 Å². The normalized spacial score (nSPS) is 22.5. The van der Waals surface area contributed by atoms with Gasteiger partial charge in [-0.25, -0.2) is 4.39 Å². The summed E-state index contributed by atoms with van der Waals surface area (Å²) in [6.45, 7) is 10.5. The van der Waals surface area contributed by atoms with Crippen molar-refractivity contribution < 1.29 is 4.39 Å². The SMILES string of the molecule is CC1(C)CN(c2cccc(F)c2)CC(C)(C)N1. The summed E-state index contributed by atoms with van der Waals surface area (Å²) in [6.07, 6.45) is 0. The Labute approximate surface area is 103 Å². The first kappa shape index (κ1) is 12.4. The molecule has 0 aromatic heterocycles. The van der Waals surface area contributed by atoms with Crippen LogP contribution in [0.1, 0.15) is 27.7 Å². The standard InChI is InChI=1S/C14H21FN2/c1-13(2)9-17(10-14(3,4)16-13)12-7-5-6-11(15)8-12/h5-8,16H,9-10H2,1-4H3. The van der Waals surface area contributed by atoms with Crippen LogP contribution in [-0.4, -0.2) is 24.2 Å². The Hall–Kier alpha value is -1.09. The van der Waals surface area contributed by atoms with Crippen LogP contribution in [0.25, 0.3) is 0 Å². The van der Waals surface area contributed by atoms with Gasteiger partial charge in [0, 0.05) is 29.9 Å². The highest BCUT2D eigenvalue weighted by molar-refractivity contribution is 5.48. The minimum absolute atomic E-state index is 0.0358. The maximum atomic E-state index is 13.3. The first-order chi connectivity index (χ1) is 7.77. The molecule has 0 radical (unpaired) electrons. The Morgan fingerprint density at radius 3 is 2.24 bits per heavy atom. The van der Waals surface area contributed by atoms with Crippen molar-refractivity contribution in [3.63, 3.8) is 0 Å². The summed E-state index contributed by atoms with van der Waals surface area (Å²) in [7, 11) is 0. The maximum absolute atomic E-state index is 13.3. The van der Waals surface area contributed by atoms with Gasteiger partial charge in [0.2, 0.25) is 0 Å². The van der Waals surface area contributed by atoms with E-state index in [9.17, 15) is 4.39 Å². The van der Waals surface area contributed by atoms with Crippen LogP contribution in [0, 0.1) is 5.82 Å². The van der Waals surface area contributed by atoms with Gasteiger partial charge in [0.15, 0.2) is 0 Å². The first-order valence-corrected chi connectivity index (χ1v) is 6.07. The molecule has 1 fully saturated rings. The second-order valence-electron chi connectivity index (χ2n) is 6.23. The largest absolute Gasteiger partial charge is 0.368 e. The van der Waals surface area contributed by atoms with E-state index < -0.39 is 0 Å². The molecule has 0 unspecified atom stereocenters. The van der Waals surface area contributed by atoms with Crippen molar-refractivity contribution in [1.29, 1.82) is 0 Å². The molecule has 0 amide bonds. The third-order valence-corrected chi connectivity index (χ3v) is 3.02. The average molecular weight is 236 g/mol. The van der Waals surface area contributed by atoms with Gasteiger partial charge in [-0.1, -0.05) is 6.07 Å². The Morgan fingerprint density at radius 1 is 1.12 bits per heavy atom. The van der Waals surface area contributed by atoms with Crippen LogP contribution in [0.5, 0.6) is 0 Å². The molecule has 1 N–H and O–H groups in total. The zero-order valence-electron chi connectivity index (χ0n) is 11.0. The number of nitrogens with zero attached hydrogens (tertiary/aromatic N) is 1. The highest BCUT2D eigenvalue weighted by Crippen LogP contribution is 2.26. The summed E-state index contributed by atoms with van der Waals surface area (Å²) in [5.41, 5.74) is 1.04. The lowest BCUT2D eigenvalue weighted by Gasteiger charge is -2.49. The summed E-state index contributed by atoms with van der Waals surface area (Å²) in [6, 6.07) is 6.84. The lowest BCUT2D eigenvalue weighted by atomic mass is 9.91. The number of rotatable bonds is 1. The second kappa shape index (κ2) is 3.98. The maximum Gasteiger partial charge on any atom is 0.125 e. The van der Waals surface area contributed by atoms with Gasteiger partial charge in [0.25, 0.3) is 0 Å². The number of halogens is 1. The van der Waals surface area contributed by atoms with E-state index >= 15 is 0 Å². The van der Waals surface area contributed by atoms with Crippen molar-refractivity contribution in [2.75, 3.05) is 18.0 Å². The topological polar surface area (TPSA) is 15.3 Å². The minimum atomic E-state index is -0.170. The van der Waals surface area contributed by atoms with E-state index in [0.29, 0.717) is 0 Å². The molecule has 0 saturated carbocycles. The fourth-order valence-corrected chi connectivity index (χ4v) is 2.86. The van der Waals surface area contributed by atoms with E-state index in [0.717, 1.165) is 18.8 Å². The number of piperazine rings is 1. The van der Waals surface area contributed by atoms with E-state index in [1.54, 1.807) is 12.1 Å². The van der Waals surface area contributed by atoms with Gasteiger partial charge < -0.3 is 10.2 Å². The molecular formula is C14H21FN2. The predicted molar refractivity (Wildman–Crippen MR) is 69.9 cm³/mol. The third-order valence-electron chi connectivity index (χ3n) is 3.02. The molecule has 17 heavy (non-hydrogen) atoms. The van der Waals surface area contributed by atoms with Crippen LogP contribution in [0.4, 0.5) is 10.1 Å². The van der Waals surface area contributed by atoms with Crippen molar-refractivity contribution in [1.82, 2.24) is 5.32 Å². The Balaban J connectivity index is 2.27. The summed E-state index contributed by atoms with van der Waals surface area (Å²) in [5, 5.41) is 3.61. The molecule has 1 aromatic rings. The van der Waals surface area contributed by atoms with Gasteiger partial charge >= 0.3 is 0 Å². The van der Waals surface area contributed by atoms with E-state index in [4.69, 9.17) is 0 Å². The number of anilines is 1. The molecule has 1 heterocycles. The van der Waals surface area contributed by atoms with Gasteiger partial charge in [-0.3, -0.25) is 0 Å². The van der Waals surface area contributed by atoms with Crippen LogP contribution in [-0.2, 0) is 0 Å². The second-order valence-corrected chi connectivity index (χ2v) is 6.23. The summed E-state index contributed by atoms with van der Waals surface area (Å²) < 4.78 is 13.3. The van der Waals surface area contributed by atoms with E-state index in [1.807, 2.05) is 6.07 Å². The highest BCUT2D eigenvalue weighted by Gasteiger charge is 2.36. The molecule has 0 aliphatic carbocycles. The molecule has 2 rings (SSSR count). The molecule has 1 saturated heterocycles. The smallest absolute Gasteiger partial charge is 0.125 e. The monoisotopic (exact) mass is 236 g/mol. The van der Waals surface area contributed by atoms with Crippen molar-refractivity contribution in [2.45, 2.75) is 38.8 Å². The fourth-order valence-electron chi connectivity index (χ4n) is 2.86. The molecular weight excluding hydrogens is 215 g/mol. The number of nitrogens with one attached hydrogen (secondary N) is 1. The predicted octanol–water partition coefficient (Wildman–Crippen LogP) is 2.79. The molecule has 1 aliphatic rings. The molecule has 1 aliphatic heterocycles. The molecule has 3 heteroatoms. The zero-order chi connectivity index (χ0) is 12.7. The highest BCUT2D eigenvalue weighted by atomic mass is 19.1. The number of benzene rings is 1. The average Bonchev–Trinajstić information content (AvgIpc) is 2.12. The van der Waals surface area contributed by atoms with Gasteiger partial charge in [-0.2, -0.15) is 0 Å². The van der Waals surface area contributed by atoms with Crippen molar-refractivity contribution in [2.24, 2.45) is 0 Å². The van der Waals surface area contributed by atoms with Crippen molar-refractivity contribution in [3.05, 3.63) is 30.1 Å². The Morgan fingerprint density at radius 2 is 1.71 bits per heavy atom. The van der Waals surface area contributed by atoms with Gasteiger partial charge in [0.05, 0.1) is 0 Å². The van der Waals surface area contributed by atoms with Crippen LogP contribution in [0.2, 0.25) is 0 Å². The molecule has 2 nitrogen and oxygen atoms in total. The zero-order valence-corrected chi connectivity index (χ0v) is 11.0. The minimum Gasteiger partial charge on any atom is -0.368 e. The molecule has 0 bridgehead atoms. The van der Waals surface area contributed by atoms with Crippen LogP contribution >= 0.6 is 0 Å². The lowest BCUT2D eigenvalue weighted by Crippen LogP contribution is -2.66. The summed E-state index contributed by atoms with van der Waals surface area (Å²) in [5.74, 6) is -0.170. The van der Waals surface area contributed by atoms with E-state index in [2.05, 4.69) is 37.9 Å². The van der Waals surface area contributed by atoms with E-state index in [-0.39, 0.29) is 16.9 Å². The molecule has 0 atom stereocenters. The first-order valence-electron chi connectivity index (χ1n) is 6.07. The Bertz CT molecular complexity index is 396. The van der Waals surface area contributed by atoms with Crippen molar-refractivity contribution in [3.8, 4) is 0 Å². The number of hydrogen-bond donors (Lipinski definition) is 1. The van der Waals surface area contributed by atoms with Gasteiger partial charge in [-0.05, 0) is 45.9 Å². The Kier molecular flexibility index (Phi) is 2.90. The number of hydrogen-bond acceptors (Lipinski definition) is 2. The van der Waals surface area contributed by atoms with Crippen LogP contribution < -0.4 is 10.2 Å². The lowest BCUT2D eigenvalue weighted by molar-refractivity contribution is 0.226. The van der Waals surface area contributed by atoms with E-state index in [1.165, 1.54) is 6.07 Å². The summed E-state index contributed by atoms with van der Waals surface area (Å²) >= 11 is 0. The van der Waals surface area contributed by atoms with Crippen LogP contribution in [0.15, 0.2) is 24.3 Å². The van der Waals surface area contributed by atoms with Gasteiger partial charge in [-0.15, -0.1) is 0 Å². The molecule has 1 aromatic carbocycles. The molecule has 94 valence electrons. The van der Waals surface area contributed by atoms with Crippen LogP contribution in [0.3, 0.4) is 0 Å². The van der Waals surface area contributed by atoms with Gasteiger partial charge in [0.1, 0.15) is 5.82 Å².